The van der Waals surface area contributed by atoms with Crippen molar-refractivity contribution < 1.29 is 9.00 Å². The first-order valence-electron chi connectivity index (χ1n) is 9.19. The second-order valence-corrected chi connectivity index (χ2v) is 9.37. The average Bonchev–Trinajstić information content (AvgIpc) is 3.16. The molecular weight excluding hydrogens is 388 g/mol. The standard InChI is InChI=1S/C22H22N2O2S2/c1-28(26)15-16-5-4-6-17(13-16)22(25)23-19-7-2-3-8-20(19)24-11-9-21-18(14-24)10-12-27-21/h2-8,10,12-13H,9,11,14-15H2,1H3,(H,23,25)/t28-/m1/s1. The molecule has 1 aromatic heterocycles. The predicted molar refractivity (Wildman–Crippen MR) is 118 cm³/mol. The van der Waals surface area contributed by atoms with Crippen molar-refractivity contribution in [3.63, 3.8) is 0 Å². The topological polar surface area (TPSA) is 49.4 Å². The van der Waals surface area contributed by atoms with Gasteiger partial charge in [0.2, 0.25) is 0 Å². The molecule has 1 aliphatic rings. The summed E-state index contributed by atoms with van der Waals surface area (Å²) < 4.78 is 11.5. The quantitative estimate of drug-likeness (QED) is 0.676. The van der Waals surface area contributed by atoms with Crippen molar-refractivity contribution in [2.24, 2.45) is 0 Å². The van der Waals surface area contributed by atoms with E-state index in [0.29, 0.717) is 11.3 Å². The van der Waals surface area contributed by atoms with Crippen LogP contribution in [0.5, 0.6) is 0 Å². The molecule has 6 heteroatoms. The Hall–Kier alpha value is -2.44. The zero-order valence-electron chi connectivity index (χ0n) is 15.7. The van der Waals surface area contributed by atoms with Gasteiger partial charge in [0.15, 0.2) is 0 Å². The minimum atomic E-state index is -0.935. The van der Waals surface area contributed by atoms with Gasteiger partial charge >= 0.3 is 0 Å². The summed E-state index contributed by atoms with van der Waals surface area (Å²) in [5.74, 6) is 0.304. The van der Waals surface area contributed by atoms with Crippen molar-refractivity contribution in [3.05, 3.63) is 81.5 Å². The van der Waals surface area contributed by atoms with Crippen molar-refractivity contribution >= 4 is 39.4 Å². The number of thiophene rings is 1. The lowest BCUT2D eigenvalue weighted by Gasteiger charge is -2.30. The molecule has 144 valence electrons. The molecule has 4 rings (SSSR count). The van der Waals surface area contributed by atoms with Crippen LogP contribution in [0.15, 0.2) is 60.0 Å². The summed E-state index contributed by atoms with van der Waals surface area (Å²) in [5.41, 5.74) is 4.71. The summed E-state index contributed by atoms with van der Waals surface area (Å²) in [6.45, 7) is 1.81. The number of para-hydroxylation sites is 2. The lowest BCUT2D eigenvalue weighted by Crippen LogP contribution is -2.30. The van der Waals surface area contributed by atoms with Crippen molar-refractivity contribution in [2.45, 2.75) is 18.7 Å². The summed E-state index contributed by atoms with van der Waals surface area (Å²) in [7, 11) is -0.935. The van der Waals surface area contributed by atoms with Gasteiger partial charge in [0, 0.05) is 46.3 Å². The highest BCUT2D eigenvalue weighted by molar-refractivity contribution is 7.83. The van der Waals surface area contributed by atoms with E-state index < -0.39 is 10.8 Å². The maximum atomic E-state index is 12.8. The number of carbonyl (C=O) groups excluding carboxylic acids is 1. The molecule has 1 aliphatic heterocycles. The number of anilines is 2. The smallest absolute Gasteiger partial charge is 0.255 e. The number of amides is 1. The van der Waals surface area contributed by atoms with E-state index >= 15 is 0 Å². The maximum absolute atomic E-state index is 12.8. The molecular formula is C22H22N2O2S2. The fourth-order valence-corrected chi connectivity index (χ4v) is 5.08. The van der Waals surface area contributed by atoms with Crippen LogP contribution in [-0.4, -0.2) is 22.9 Å². The Balaban J connectivity index is 1.55. The molecule has 0 aliphatic carbocycles. The Morgan fingerprint density at radius 1 is 1.18 bits per heavy atom. The number of benzene rings is 2. The molecule has 1 N–H and O–H groups in total. The third kappa shape index (κ3) is 4.18. The van der Waals surface area contributed by atoms with Crippen LogP contribution in [-0.2, 0) is 29.5 Å². The fraction of sp³-hybridized carbons (Fsp3) is 0.227. The Morgan fingerprint density at radius 2 is 2.04 bits per heavy atom. The number of rotatable bonds is 5. The van der Waals surface area contributed by atoms with E-state index in [1.54, 1.807) is 12.3 Å². The molecule has 28 heavy (non-hydrogen) atoms. The minimum Gasteiger partial charge on any atom is -0.365 e. The number of hydrogen-bond acceptors (Lipinski definition) is 4. The Bertz CT molecular complexity index is 1030. The maximum Gasteiger partial charge on any atom is 0.255 e. The van der Waals surface area contributed by atoms with E-state index in [9.17, 15) is 9.00 Å². The molecule has 3 aromatic rings. The summed E-state index contributed by atoms with van der Waals surface area (Å²) in [6, 6.07) is 17.5. The number of nitrogens with zero attached hydrogens (tertiary/aromatic N) is 1. The highest BCUT2D eigenvalue weighted by atomic mass is 32.2. The van der Waals surface area contributed by atoms with Crippen LogP contribution in [0.4, 0.5) is 11.4 Å². The van der Waals surface area contributed by atoms with Crippen LogP contribution >= 0.6 is 11.3 Å². The van der Waals surface area contributed by atoms with Gasteiger partial charge in [0.25, 0.3) is 5.91 Å². The van der Waals surface area contributed by atoms with Crippen LogP contribution in [0, 0.1) is 0 Å². The SMILES string of the molecule is C[S@@](=O)Cc1cccc(C(=O)Nc2ccccc2N2CCc3sccc3C2)c1. The Kier molecular flexibility index (Phi) is 5.59. The molecule has 0 fully saturated rings. The van der Waals surface area contributed by atoms with Gasteiger partial charge in [-0.05, 0) is 53.3 Å². The molecule has 0 radical (unpaired) electrons. The zero-order chi connectivity index (χ0) is 19.5. The normalized spacial score (nSPS) is 14.4. The van der Waals surface area contributed by atoms with Gasteiger partial charge in [-0.2, -0.15) is 0 Å². The third-order valence-electron chi connectivity index (χ3n) is 4.86. The highest BCUT2D eigenvalue weighted by Gasteiger charge is 2.20. The Morgan fingerprint density at radius 3 is 2.89 bits per heavy atom. The summed E-state index contributed by atoms with van der Waals surface area (Å²) in [6.07, 6.45) is 2.70. The first-order chi connectivity index (χ1) is 13.6. The molecule has 0 saturated heterocycles. The third-order valence-corrected chi connectivity index (χ3v) is 6.62. The molecule has 0 unspecified atom stereocenters. The van der Waals surface area contributed by atoms with E-state index in [4.69, 9.17) is 0 Å². The van der Waals surface area contributed by atoms with Crippen LogP contribution in [0.2, 0.25) is 0 Å². The second kappa shape index (κ2) is 8.29. The highest BCUT2D eigenvalue weighted by Crippen LogP contribution is 2.32. The van der Waals surface area contributed by atoms with Gasteiger partial charge in [-0.3, -0.25) is 9.00 Å². The van der Waals surface area contributed by atoms with Gasteiger partial charge in [-0.25, -0.2) is 0 Å². The fourth-order valence-electron chi connectivity index (χ4n) is 3.54. The first kappa shape index (κ1) is 18.9. The molecule has 0 saturated carbocycles. The minimum absolute atomic E-state index is 0.149. The first-order valence-corrected chi connectivity index (χ1v) is 11.8. The average molecular weight is 411 g/mol. The van der Waals surface area contributed by atoms with Crippen LogP contribution in [0.25, 0.3) is 0 Å². The molecule has 2 aromatic carbocycles. The molecule has 4 nitrogen and oxygen atoms in total. The van der Waals surface area contributed by atoms with E-state index in [-0.39, 0.29) is 5.91 Å². The van der Waals surface area contributed by atoms with Crippen molar-refractivity contribution in [1.29, 1.82) is 0 Å². The van der Waals surface area contributed by atoms with Crippen LogP contribution in [0.3, 0.4) is 0 Å². The van der Waals surface area contributed by atoms with Gasteiger partial charge in [-0.1, -0.05) is 24.3 Å². The van der Waals surface area contributed by atoms with Gasteiger partial charge in [-0.15, -0.1) is 11.3 Å². The van der Waals surface area contributed by atoms with Gasteiger partial charge < -0.3 is 10.2 Å². The second-order valence-electron chi connectivity index (χ2n) is 6.93. The van der Waals surface area contributed by atoms with E-state index in [1.807, 2.05) is 47.7 Å². The summed E-state index contributed by atoms with van der Waals surface area (Å²) in [4.78, 5) is 16.6. The lowest BCUT2D eigenvalue weighted by molar-refractivity contribution is 0.102. The van der Waals surface area contributed by atoms with E-state index in [2.05, 4.69) is 27.7 Å². The molecule has 1 amide bonds. The van der Waals surface area contributed by atoms with Crippen molar-refractivity contribution in [1.82, 2.24) is 0 Å². The van der Waals surface area contributed by atoms with Crippen LogP contribution < -0.4 is 10.2 Å². The monoisotopic (exact) mass is 410 g/mol. The van der Waals surface area contributed by atoms with Crippen molar-refractivity contribution in [2.75, 3.05) is 23.0 Å². The Labute approximate surface area is 171 Å². The number of carbonyl (C=O) groups is 1. The van der Waals surface area contributed by atoms with Gasteiger partial charge in [0.1, 0.15) is 0 Å². The number of fused-ring (bicyclic) bond motifs is 1. The van der Waals surface area contributed by atoms with E-state index in [0.717, 1.165) is 36.4 Å². The van der Waals surface area contributed by atoms with E-state index in [1.165, 1.54) is 10.4 Å². The van der Waals surface area contributed by atoms with Gasteiger partial charge in [0.05, 0.1) is 11.4 Å². The molecule has 0 bridgehead atoms. The molecule has 0 spiro atoms. The van der Waals surface area contributed by atoms with Crippen molar-refractivity contribution in [3.8, 4) is 0 Å². The number of hydrogen-bond donors (Lipinski definition) is 1. The molecule has 1 atom stereocenters. The predicted octanol–water partition coefficient (Wildman–Crippen LogP) is 4.44. The summed E-state index contributed by atoms with van der Waals surface area (Å²) in [5, 5.41) is 5.22. The number of nitrogens with one attached hydrogen (secondary N) is 1. The lowest BCUT2D eigenvalue weighted by atomic mass is 10.1. The van der Waals surface area contributed by atoms with Crippen LogP contribution in [0.1, 0.15) is 26.4 Å². The zero-order valence-corrected chi connectivity index (χ0v) is 17.3. The molecule has 2 heterocycles. The summed E-state index contributed by atoms with van der Waals surface area (Å²) >= 11 is 1.82. The largest absolute Gasteiger partial charge is 0.365 e.